The number of hydrogen-bond acceptors (Lipinski definition) is 9. The predicted molar refractivity (Wildman–Crippen MR) is 146 cm³/mol. The van der Waals surface area contributed by atoms with Crippen LogP contribution in [0.15, 0.2) is 11.0 Å². The van der Waals surface area contributed by atoms with Gasteiger partial charge in [-0.05, 0) is 40.2 Å². The zero-order chi connectivity index (χ0) is 30.6. The average molecular weight is 597 g/mol. The van der Waals surface area contributed by atoms with Crippen molar-refractivity contribution in [2.45, 2.75) is 90.8 Å². The van der Waals surface area contributed by atoms with Gasteiger partial charge in [0.15, 0.2) is 0 Å². The number of halogens is 3. The van der Waals surface area contributed by atoms with Crippen LogP contribution in [0.1, 0.15) is 46.1 Å². The monoisotopic (exact) mass is 596 g/mol. The minimum Gasteiger partial charge on any atom is -0.466 e. The molecule has 1 amide bonds. The Balaban J connectivity index is 3.04. The summed E-state index contributed by atoms with van der Waals surface area (Å²) in [6, 6.07) is -0.124. The first-order valence-electron chi connectivity index (χ1n) is 13.1. The maximum Gasteiger partial charge on any atom is 0.423 e. The van der Waals surface area contributed by atoms with Crippen LogP contribution in [0.25, 0.3) is 0 Å². The van der Waals surface area contributed by atoms with E-state index in [9.17, 15) is 27.6 Å². The molecule has 1 heterocycles. The summed E-state index contributed by atoms with van der Waals surface area (Å²) in [6.07, 6.45) is -4.43. The highest BCUT2D eigenvalue weighted by Crippen LogP contribution is 2.32. The third kappa shape index (κ3) is 14.7. The molecule has 0 spiro atoms. The lowest BCUT2D eigenvalue weighted by Crippen LogP contribution is -2.42. The van der Waals surface area contributed by atoms with Crippen LogP contribution >= 0.6 is 0 Å². The second kappa shape index (κ2) is 16.0. The number of carbonyl (C=O) groups excluding carboxylic acids is 2. The number of anilines is 1. The molecule has 0 saturated carbocycles. The molecular weight excluding hydrogens is 553 g/mol. The van der Waals surface area contributed by atoms with Gasteiger partial charge in [-0.15, -0.1) is 0 Å². The Morgan fingerprint density at radius 3 is 2.38 bits per heavy atom. The number of aromatic nitrogens is 2. The number of alkyl halides is 3. The Hall–Kier alpha value is -2.65. The van der Waals surface area contributed by atoms with Crippen LogP contribution in [-0.4, -0.2) is 74.5 Å². The van der Waals surface area contributed by atoms with Gasteiger partial charge < -0.3 is 29.6 Å². The molecule has 0 fully saturated rings. The molecule has 0 aromatic carbocycles. The van der Waals surface area contributed by atoms with Gasteiger partial charge in [-0.1, -0.05) is 19.6 Å². The quantitative estimate of drug-likeness (QED) is 0.164. The van der Waals surface area contributed by atoms with E-state index in [4.69, 9.17) is 18.9 Å². The lowest BCUT2D eigenvalue weighted by molar-refractivity contribution is -0.143. The van der Waals surface area contributed by atoms with E-state index < -0.39 is 61.5 Å². The van der Waals surface area contributed by atoms with Crippen LogP contribution in [0, 0.1) is 0 Å². The van der Waals surface area contributed by atoms with Crippen molar-refractivity contribution in [1.82, 2.24) is 15.1 Å². The van der Waals surface area contributed by atoms with Crippen molar-refractivity contribution < 1.29 is 41.7 Å². The molecule has 11 nitrogen and oxygen atoms in total. The highest BCUT2D eigenvalue weighted by atomic mass is 28.3. The maximum atomic E-state index is 14.0. The van der Waals surface area contributed by atoms with E-state index in [2.05, 4.69) is 35.4 Å². The van der Waals surface area contributed by atoms with Crippen molar-refractivity contribution in [3.05, 3.63) is 22.1 Å². The van der Waals surface area contributed by atoms with Crippen LogP contribution in [0.2, 0.25) is 25.7 Å². The predicted octanol–water partition coefficient (Wildman–Crippen LogP) is 4.24. The Labute approximate surface area is 234 Å². The zero-order valence-electron chi connectivity index (χ0n) is 24.4. The molecule has 0 aliphatic rings. The molecule has 40 heavy (non-hydrogen) atoms. The van der Waals surface area contributed by atoms with Gasteiger partial charge in [0.05, 0.1) is 31.1 Å². The van der Waals surface area contributed by atoms with Crippen molar-refractivity contribution in [2.24, 2.45) is 0 Å². The number of ether oxygens (including phenoxy) is 4. The molecule has 0 aliphatic carbocycles. The average Bonchev–Trinajstić information content (AvgIpc) is 2.78. The van der Waals surface area contributed by atoms with Gasteiger partial charge in [-0.25, -0.2) is 9.48 Å². The second-order valence-electron chi connectivity index (χ2n) is 11.3. The Bertz CT molecular complexity index is 1010. The van der Waals surface area contributed by atoms with Gasteiger partial charge in [0.2, 0.25) is 0 Å². The van der Waals surface area contributed by atoms with E-state index in [-0.39, 0.29) is 32.8 Å². The third-order valence-corrected chi connectivity index (χ3v) is 6.79. The number of hydrogen-bond donors (Lipinski definition) is 2. The highest BCUT2D eigenvalue weighted by molar-refractivity contribution is 6.76. The van der Waals surface area contributed by atoms with Gasteiger partial charge in [0.25, 0.3) is 5.56 Å². The summed E-state index contributed by atoms with van der Waals surface area (Å²) in [5.74, 6) is -0.390. The van der Waals surface area contributed by atoms with E-state index in [0.717, 1.165) is 12.2 Å². The number of amides is 1. The largest absolute Gasteiger partial charge is 0.466 e. The lowest BCUT2D eigenvalue weighted by Gasteiger charge is -2.24. The fourth-order valence-corrected chi connectivity index (χ4v) is 3.92. The molecule has 1 aromatic heterocycles. The molecule has 1 rings (SSSR count). The molecule has 1 atom stereocenters. The third-order valence-electron chi connectivity index (χ3n) is 5.08. The maximum absolute atomic E-state index is 14.0. The van der Waals surface area contributed by atoms with Crippen molar-refractivity contribution in [2.75, 3.05) is 38.3 Å². The molecule has 1 aromatic rings. The number of rotatable bonds is 16. The lowest BCUT2D eigenvalue weighted by atomic mass is 10.2. The van der Waals surface area contributed by atoms with E-state index in [1.54, 1.807) is 27.7 Å². The summed E-state index contributed by atoms with van der Waals surface area (Å²) in [7, 11) is -1.43. The Morgan fingerprint density at radius 1 is 1.12 bits per heavy atom. The number of nitrogens with zero attached hydrogens (tertiary/aromatic N) is 2. The van der Waals surface area contributed by atoms with E-state index in [1.165, 1.54) is 0 Å². The molecule has 0 aliphatic heterocycles. The van der Waals surface area contributed by atoms with Crippen molar-refractivity contribution >= 4 is 25.8 Å². The highest BCUT2D eigenvalue weighted by Gasteiger charge is 2.39. The first kappa shape index (κ1) is 35.4. The van der Waals surface area contributed by atoms with Gasteiger partial charge in [0.1, 0.15) is 17.9 Å². The molecule has 15 heteroatoms. The summed E-state index contributed by atoms with van der Waals surface area (Å²) >= 11 is 0. The number of carbonyl (C=O) groups is 2. The van der Waals surface area contributed by atoms with Gasteiger partial charge in [0, 0.05) is 34.3 Å². The Morgan fingerprint density at radius 2 is 1.80 bits per heavy atom. The smallest absolute Gasteiger partial charge is 0.423 e. The minimum atomic E-state index is -4.99. The minimum absolute atomic E-state index is 0.114. The normalized spacial score (nSPS) is 13.1. The summed E-state index contributed by atoms with van der Waals surface area (Å²) in [5, 5.41) is 8.97. The van der Waals surface area contributed by atoms with E-state index in [1.807, 2.05) is 0 Å². The fourth-order valence-electron chi connectivity index (χ4n) is 3.16. The molecule has 0 unspecified atom stereocenters. The number of esters is 1. The first-order valence-corrected chi connectivity index (χ1v) is 16.9. The topological polar surface area (TPSA) is 130 Å². The number of alkyl carbamates (subject to hydrolysis) is 1. The second-order valence-corrected chi connectivity index (χ2v) is 16.9. The van der Waals surface area contributed by atoms with E-state index in [0.29, 0.717) is 17.7 Å². The van der Waals surface area contributed by atoms with Crippen molar-refractivity contribution in [3.8, 4) is 0 Å². The molecular formula is C25H43F3N4O7Si. The van der Waals surface area contributed by atoms with E-state index >= 15 is 0 Å². The zero-order valence-corrected chi connectivity index (χ0v) is 25.4. The van der Waals surface area contributed by atoms with Crippen molar-refractivity contribution in [3.63, 3.8) is 0 Å². The summed E-state index contributed by atoms with van der Waals surface area (Å²) < 4.78 is 63.6. The SMILES string of the molecule is CCOC(=O)CCCOC[C@H](CNC(=O)OC(C)(C)C)Nc1cnn(COCC[Si](C)(C)C)c(=O)c1C(F)(F)F. The molecule has 0 radical (unpaired) electrons. The van der Waals surface area contributed by atoms with Gasteiger partial charge in [-0.2, -0.15) is 18.3 Å². The molecule has 2 N–H and O–H groups in total. The van der Waals surface area contributed by atoms with Crippen LogP contribution in [0.3, 0.4) is 0 Å². The first-order chi connectivity index (χ1) is 18.4. The summed E-state index contributed by atoms with van der Waals surface area (Å²) in [5.41, 5.74) is -4.16. The number of nitrogens with one attached hydrogen (secondary N) is 2. The molecule has 0 saturated heterocycles. The summed E-state index contributed by atoms with van der Waals surface area (Å²) in [4.78, 5) is 36.4. The van der Waals surface area contributed by atoms with Gasteiger partial charge >= 0.3 is 18.2 Å². The van der Waals surface area contributed by atoms with Crippen LogP contribution in [0.5, 0.6) is 0 Å². The Kier molecular flexibility index (Phi) is 14.1. The van der Waals surface area contributed by atoms with Crippen LogP contribution in [0.4, 0.5) is 23.7 Å². The summed E-state index contributed by atoms with van der Waals surface area (Å²) in [6.45, 7) is 13.0. The fraction of sp³-hybridized carbons (Fsp3) is 0.760. The van der Waals surface area contributed by atoms with Crippen LogP contribution in [-0.2, 0) is 36.6 Å². The standard InChI is InChI=1S/C25H43F3N4O7Si/c1-8-38-20(33)10-9-11-36-16-18(14-29-23(35)39-24(2,3)4)31-19-15-30-32(17-37-12-13-40(5,6)7)22(34)21(19)25(26,27)28/h15,18,31H,8-14,16-17H2,1-7H3,(H,29,35)/t18-/m0/s1. The molecule has 230 valence electrons. The van der Waals surface area contributed by atoms with Gasteiger partial charge in [-0.3, -0.25) is 9.59 Å². The molecule has 0 bridgehead atoms. The van der Waals surface area contributed by atoms with Crippen LogP contribution < -0.4 is 16.2 Å². The van der Waals surface area contributed by atoms with Crippen molar-refractivity contribution in [1.29, 1.82) is 0 Å².